The monoisotopic (exact) mass is 280 g/mol. The zero-order valence-electron chi connectivity index (χ0n) is 8.81. The van der Waals surface area contributed by atoms with E-state index in [9.17, 15) is 0 Å². The van der Waals surface area contributed by atoms with E-state index in [-0.39, 0.29) is 0 Å². The molecule has 0 bridgehead atoms. The summed E-state index contributed by atoms with van der Waals surface area (Å²) in [6.45, 7) is 1.94. The van der Waals surface area contributed by atoms with Gasteiger partial charge in [0.05, 0.1) is 12.0 Å². The minimum atomic E-state index is 0.734. The molecule has 0 amide bonds. The molecule has 0 fully saturated rings. The Hall–Kier alpha value is -1.56. The Morgan fingerprint density at radius 2 is 2.25 bits per heavy atom. The first kappa shape index (κ1) is 9.65. The van der Waals surface area contributed by atoms with Crippen LogP contribution in [0.5, 0.6) is 0 Å². The van der Waals surface area contributed by atoms with Gasteiger partial charge in [0.25, 0.3) is 0 Å². The Morgan fingerprint density at radius 3 is 2.88 bits per heavy atom. The van der Waals surface area contributed by atoms with Crippen LogP contribution in [0.1, 0.15) is 5.69 Å². The minimum absolute atomic E-state index is 0.734. The number of hydrogen-bond acceptors (Lipinski definition) is 3. The van der Waals surface area contributed by atoms with Crippen LogP contribution in [-0.4, -0.2) is 19.2 Å². The van der Waals surface area contributed by atoms with Crippen molar-refractivity contribution in [3.05, 3.63) is 28.7 Å². The Balaban J connectivity index is 2.33. The van der Waals surface area contributed by atoms with Gasteiger partial charge in [-0.05, 0) is 35.0 Å². The molecule has 3 aromatic heterocycles. The molecule has 0 N–H and O–H groups in total. The number of fused-ring (bicyclic) bond motifs is 1. The van der Waals surface area contributed by atoms with Crippen LogP contribution in [0.2, 0.25) is 0 Å². The summed E-state index contributed by atoms with van der Waals surface area (Å²) in [7, 11) is 1.92. The zero-order valence-corrected chi connectivity index (χ0v) is 10.4. The fraction of sp³-hybridized carbons (Fsp3) is 0.200. The fourth-order valence-electron chi connectivity index (χ4n) is 1.67. The Morgan fingerprint density at radius 1 is 1.44 bits per heavy atom. The smallest absolute Gasteiger partial charge is 0.233 e. The highest BCUT2D eigenvalue weighted by molar-refractivity contribution is 9.10. The van der Waals surface area contributed by atoms with E-state index in [1.165, 1.54) is 0 Å². The van der Waals surface area contributed by atoms with Gasteiger partial charge in [0.1, 0.15) is 4.60 Å². The maximum absolute atomic E-state index is 5.33. The van der Waals surface area contributed by atoms with Crippen LogP contribution in [0.3, 0.4) is 0 Å². The molecule has 0 aliphatic carbocycles. The first-order chi connectivity index (χ1) is 7.68. The number of nitrogens with zero attached hydrogens (tertiary/aromatic N) is 4. The summed E-state index contributed by atoms with van der Waals surface area (Å²) in [6, 6.07) is 3.72. The number of halogens is 1. The highest BCUT2D eigenvalue weighted by Gasteiger charge is 2.16. The lowest BCUT2D eigenvalue weighted by molar-refractivity contribution is 0.573. The van der Waals surface area contributed by atoms with E-state index >= 15 is 0 Å². The molecule has 82 valence electrons. The second-order valence-corrected chi connectivity index (χ2v) is 4.31. The number of aryl methyl sites for hydroxylation is 2. The highest BCUT2D eigenvalue weighted by atomic mass is 79.9. The first-order valence-electron chi connectivity index (χ1n) is 4.80. The predicted molar refractivity (Wildman–Crippen MR) is 62.1 cm³/mol. The number of rotatable bonds is 1. The highest BCUT2D eigenvalue weighted by Crippen LogP contribution is 2.23. The quantitative estimate of drug-likeness (QED) is 0.688. The van der Waals surface area contributed by atoms with Crippen LogP contribution < -0.4 is 0 Å². The summed E-state index contributed by atoms with van der Waals surface area (Å²) in [5.74, 6) is 2.28. The Kier molecular flexibility index (Phi) is 1.94. The van der Waals surface area contributed by atoms with Crippen molar-refractivity contribution < 1.29 is 4.42 Å². The third-order valence-corrected chi connectivity index (χ3v) is 3.41. The third kappa shape index (κ3) is 1.16. The van der Waals surface area contributed by atoms with Crippen LogP contribution in [0.15, 0.2) is 27.4 Å². The van der Waals surface area contributed by atoms with Crippen molar-refractivity contribution in [1.29, 1.82) is 0 Å². The minimum Gasteiger partial charge on any atom is -0.461 e. The van der Waals surface area contributed by atoms with Gasteiger partial charge >= 0.3 is 0 Å². The molecule has 16 heavy (non-hydrogen) atoms. The molecule has 0 atom stereocenters. The lowest BCUT2D eigenvalue weighted by Gasteiger charge is -1.94. The molecule has 0 radical (unpaired) electrons. The molecule has 3 rings (SSSR count). The van der Waals surface area contributed by atoms with Gasteiger partial charge in [-0.1, -0.05) is 0 Å². The molecular weight excluding hydrogens is 272 g/mol. The van der Waals surface area contributed by atoms with Crippen molar-refractivity contribution >= 4 is 21.7 Å². The normalized spacial score (nSPS) is 11.4. The molecule has 0 aromatic carbocycles. The van der Waals surface area contributed by atoms with Crippen LogP contribution in [0.25, 0.3) is 17.4 Å². The summed E-state index contributed by atoms with van der Waals surface area (Å²) >= 11 is 3.46. The second kappa shape index (κ2) is 3.21. The van der Waals surface area contributed by atoms with Crippen molar-refractivity contribution in [2.24, 2.45) is 7.05 Å². The number of furan rings is 1. The summed E-state index contributed by atoms with van der Waals surface area (Å²) in [5, 5.41) is 4.45. The van der Waals surface area contributed by atoms with Gasteiger partial charge in [0.2, 0.25) is 5.78 Å². The largest absolute Gasteiger partial charge is 0.461 e. The van der Waals surface area contributed by atoms with Crippen molar-refractivity contribution in [3.63, 3.8) is 0 Å². The number of aromatic nitrogens is 4. The third-order valence-electron chi connectivity index (χ3n) is 2.50. The van der Waals surface area contributed by atoms with Gasteiger partial charge in [-0.15, -0.1) is 5.10 Å². The van der Waals surface area contributed by atoms with Gasteiger partial charge in [-0.2, -0.15) is 4.52 Å². The standard InChI is InChI=1S/C10H9BrN4O/c1-6-8(11)15-10(12-6)14(2)9(13-15)7-4-3-5-16-7/h3-5H,1-2H3. The average Bonchev–Trinajstić information content (AvgIpc) is 2.92. The van der Waals surface area contributed by atoms with E-state index in [1.807, 2.05) is 30.7 Å². The zero-order chi connectivity index (χ0) is 11.3. The van der Waals surface area contributed by atoms with E-state index in [0.29, 0.717) is 0 Å². The van der Waals surface area contributed by atoms with E-state index in [4.69, 9.17) is 4.42 Å². The summed E-state index contributed by atoms with van der Waals surface area (Å²) in [5.41, 5.74) is 0.920. The van der Waals surface area contributed by atoms with Gasteiger partial charge < -0.3 is 4.42 Å². The number of hydrogen-bond donors (Lipinski definition) is 0. The first-order valence-corrected chi connectivity index (χ1v) is 5.59. The lowest BCUT2D eigenvalue weighted by atomic mass is 10.4. The fourth-order valence-corrected chi connectivity index (χ4v) is 1.99. The van der Waals surface area contributed by atoms with Crippen LogP contribution in [0.4, 0.5) is 0 Å². The van der Waals surface area contributed by atoms with Crippen molar-refractivity contribution in [2.45, 2.75) is 6.92 Å². The van der Waals surface area contributed by atoms with E-state index in [2.05, 4.69) is 26.0 Å². The molecule has 0 saturated heterocycles. The second-order valence-electron chi connectivity index (χ2n) is 3.56. The molecule has 0 aliphatic heterocycles. The van der Waals surface area contributed by atoms with Gasteiger partial charge in [-0.3, -0.25) is 4.57 Å². The van der Waals surface area contributed by atoms with E-state index in [1.54, 1.807) is 10.8 Å². The van der Waals surface area contributed by atoms with Crippen LogP contribution in [0, 0.1) is 6.92 Å². The summed E-state index contributed by atoms with van der Waals surface area (Å²) < 4.78 is 9.86. The van der Waals surface area contributed by atoms with Crippen LogP contribution in [-0.2, 0) is 7.05 Å². The molecule has 3 heterocycles. The Labute approximate surface area is 99.8 Å². The molecular formula is C10H9BrN4O. The van der Waals surface area contributed by atoms with E-state index < -0.39 is 0 Å². The van der Waals surface area contributed by atoms with Crippen molar-refractivity contribution in [3.8, 4) is 11.6 Å². The summed E-state index contributed by atoms with van der Waals surface area (Å²) in [4.78, 5) is 4.42. The molecule has 0 aliphatic rings. The van der Waals surface area contributed by atoms with Gasteiger partial charge in [-0.25, -0.2) is 4.98 Å². The van der Waals surface area contributed by atoms with E-state index in [0.717, 1.165) is 27.7 Å². The molecule has 0 unspecified atom stereocenters. The van der Waals surface area contributed by atoms with Crippen molar-refractivity contribution in [1.82, 2.24) is 19.2 Å². The predicted octanol–water partition coefficient (Wildman–Crippen LogP) is 2.40. The number of imidazole rings is 1. The molecule has 3 aromatic rings. The molecule has 0 spiro atoms. The van der Waals surface area contributed by atoms with Gasteiger partial charge in [0.15, 0.2) is 11.6 Å². The topological polar surface area (TPSA) is 48.3 Å². The summed E-state index contributed by atoms with van der Waals surface area (Å²) in [6.07, 6.45) is 1.63. The maximum Gasteiger partial charge on any atom is 0.233 e. The SMILES string of the molecule is Cc1nc2n(C)c(-c3ccco3)nn2c1Br. The van der Waals surface area contributed by atoms with Crippen molar-refractivity contribution in [2.75, 3.05) is 0 Å². The lowest BCUT2D eigenvalue weighted by Crippen LogP contribution is -1.92. The Bertz CT molecular complexity index is 650. The molecule has 5 nitrogen and oxygen atoms in total. The van der Waals surface area contributed by atoms with Crippen LogP contribution >= 0.6 is 15.9 Å². The van der Waals surface area contributed by atoms with Gasteiger partial charge in [0, 0.05) is 7.05 Å². The molecule has 0 saturated carbocycles. The average molecular weight is 281 g/mol. The molecule has 6 heteroatoms. The maximum atomic E-state index is 5.33.